The van der Waals surface area contributed by atoms with Gasteiger partial charge >= 0.3 is 0 Å². The van der Waals surface area contributed by atoms with Gasteiger partial charge in [0.25, 0.3) is 15.9 Å². The van der Waals surface area contributed by atoms with Gasteiger partial charge in [0, 0.05) is 30.9 Å². The molecule has 2 heterocycles. The molecule has 1 amide bonds. The maximum absolute atomic E-state index is 13.1. The number of anilines is 1. The number of aryl methyl sites for hydroxylation is 2. The van der Waals surface area contributed by atoms with Gasteiger partial charge in [-0.2, -0.15) is 0 Å². The highest BCUT2D eigenvalue weighted by atomic mass is 32.2. The Labute approximate surface area is 204 Å². The fourth-order valence-corrected chi connectivity index (χ4v) is 6.04. The number of likely N-dealkylation sites (tertiary alicyclic amines) is 2. The van der Waals surface area contributed by atoms with Crippen LogP contribution in [0, 0.1) is 25.7 Å². The second-order valence-corrected chi connectivity index (χ2v) is 11.9. The molecule has 2 aliphatic heterocycles. The normalized spacial score (nSPS) is 20.3. The van der Waals surface area contributed by atoms with Gasteiger partial charge in [-0.25, -0.2) is 8.42 Å². The Hall–Kier alpha value is -2.38. The maximum atomic E-state index is 13.1. The summed E-state index contributed by atoms with van der Waals surface area (Å²) in [6.45, 7) is 11.2. The molecule has 0 saturated carbocycles. The van der Waals surface area contributed by atoms with E-state index < -0.39 is 10.0 Å². The minimum atomic E-state index is -3.72. The lowest BCUT2D eigenvalue weighted by atomic mass is 9.94. The van der Waals surface area contributed by atoms with Crippen molar-refractivity contribution in [2.45, 2.75) is 51.3 Å². The van der Waals surface area contributed by atoms with Crippen molar-refractivity contribution in [2.24, 2.45) is 11.8 Å². The lowest BCUT2D eigenvalue weighted by Crippen LogP contribution is -2.45. The molecule has 1 N–H and O–H groups in total. The Balaban J connectivity index is 1.37. The molecule has 0 radical (unpaired) electrons. The summed E-state index contributed by atoms with van der Waals surface area (Å²) in [6, 6.07) is 11.8. The van der Waals surface area contributed by atoms with Crippen molar-refractivity contribution in [2.75, 3.05) is 37.4 Å². The van der Waals surface area contributed by atoms with Crippen LogP contribution in [0.2, 0.25) is 0 Å². The van der Waals surface area contributed by atoms with E-state index in [0.29, 0.717) is 17.2 Å². The fourth-order valence-electron chi connectivity index (χ4n) is 4.99. The first-order valence-electron chi connectivity index (χ1n) is 12.4. The number of hydrogen-bond acceptors (Lipinski definition) is 4. The molecule has 1 unspecified atom stereocenters. The van der Waals surface area contributed by atoms with Crippen LogP contribution < -0.4 is 4.72 Å². The van der Waals surface area contributed by atoms with Crippen LogP contribution in [0.4, 0.5) is 5.69 Å². The summed E-state index contributed by atoms with van der Waals surface area (Å²) in [6.07, 6.45) is 4.72. The van der Waals surface area contributed by atoms with Crippen molar-refractivity contribution in [1.82, 2.24) is 9.80 Å². The van der Waals surface area contributed by atoms with Crippen LogP contribution in [0.3, 0.4) is 0 Å². The van der Waals surface area contributed by atoms with Crippen molar-refractivity contribution >= 4 is 21.6 Å². The Kier molecular flexibility index (Phi) is 7.63. The predicted octanol–water partition coefficient (Wildman–Crippen LogP) is 4.69. The number of carbonyl (C=O) groups is 1. The van der Waals surface area contributed by atoms with E-state index in [0.717, 1.165) is 62.6 Å². The number of hydrogen-bond donors (Lipinski definition) is 1. The van der Waals surface area contributed by atoms with Crippen molar-refractivity contribution in [3.63, 3.8) is 0 Å². The van der Waals surface area contributed by atoms with Crippen LogP contribution in [0.25, 0.3) is 0 Å². The Bertz CT molecular complexity index is 1110. The van der Waals surface area contributed by atoms with Gasteiger partial charge in [-0.05, 0) is 112 Å². The SMILES string of the molecule is Cc1ccc(NS(=O)(=O)c2ccc(C(=O)N3CCCC(CN4CCC(C)CC4)C3)cc2)cc1C. The molecule has 4 rings (SSSR count). The number of benzene rings is 2. The summed E-state index contributed by atoms with van der Waals surface area (Å²) in [5.41, 5.74) is 3.20. The van der Waals surface area contributed by atoms with Crippen LogP contribution in [0.5, 0.6) is 0 Å². The fraction of sp³-hybridized carbons (Fsp3) is 0.519. The largest absolute Gasteiger partial charge is 0.338 e. The minimum absolute atomic E-state index is 0.0111. The van der Waals surface area contributed by atoms with E-state index in [2.05, 4.69) is 16.5 Å². The van der Waals surface area contributed by atoms with Gasteiger partial charge in [-0.3, -0.25) is 9.52 Å². The zero-order chi connectivity index (χ0) is 24.3. The lowest BCUT2D eigenvalue weighted by molar-refractivity contribution is 0.0622. The second-order valence-electron chi connectivity index (χ2n) is 10.2. The molecule has 7 heteroatoms. The predicted molar refractivity (Wildman–Crippen MR) is 137 cm³/mol. The molecule has 0 spiro atoms. The molecular formula is C27H37N3O3S. The van der Waals surface area contributed by atoms with E-state index in [1.807, 2.05) is 30.9 Å². The molecule has 1 atom stereocenters. The Morgan fingerprint density at radius 1 is 0.971 bits per heavy atom. The van der Waals surface area contributed by atoms with E-state index in [1.54, 1.807) is 18.2 Å². The van der Waals surface area contributed by atoms with Crippen molar-refractivity contribution in [3.05, 3.63) is 59.2 Å². The molecule has 184 valence electrons. The van der Waals surface area contributed by atoms with Gasteiger partial charge in [0.2, 0.25) is 0 Å². The third-order valence-electron chi connectivity index (χ3n) is 7.37. The average molecular weight is 484 g/mol. The van der Waals surface area contributed by atoms with Gasteiger partial charge in [0.1, 0.15) is 0 Å². The Morgan fingerprint density at radius 3 is 2.35 bits per heavy atom. The first-order valence-corrected chi connectivity index (χ1v) is 13.9. The van der Waals surface area contributed by atoms with Crippen LogP contribution in [-0.4, -0.2) is 56.8 Å². The van der Waals surface area contributed by atoms with Crippen LogP contribution in [0.15, 0.2) is 47.4 Å². The van der Waals surface area contributed by atoms with Crippen LogP contribution in [-0.2, 0) is 10.0 Å². The number of rotatable bonds is 6. The quantitative estimate of drug-likeness (QED) is 0.647. The van der Waals surface area contributed by atoms with E-state index in [-0.39, 0.29) is 10.8 Å². The molecule has 0 aromatic heterocycles. The first kappa shape index (κ1) is 24.7. The molecule has 2 aliphatic rings. The monoisotopic (exact) mass is 483 g/mol. The summed E-state index contributed by atoms with van der Waals surface area (Å²) in [4.78, 5) is 17.8. The molecular weight excluding hydrogens is 446 g/mol. The molecule has 0 bridgehead atoms. The first-order chi connectivity index (χ1) is 16.2. The topological polar surface area (TPSA) is 69.7 Å². The zero-order valence-corrected chi connectivity index (χ0v) is 21.4. The van der Waals surface area contributed by atoms with Gasteiger partial charge in [-0.15, -0.1) is 0 Å². The number of sulfonamides is 1. The van der Waals surface area contributed by atoms with Gasteiger partial charge < -0.3 is 9.80 Å². The Morgan fingerprint density at radius 2 is 1.68 bits per heavy atom. The van der Waals surface area contributed by atoms with Crippen LogP contribution in [0.1, 0.15) is 54.1 Å². The van der Waals surface area contributed by atoms with Crippen molar-refractivity contribution < 1.29 is 13.2 Å². The van der Waals surface area contributed by atoms with E-state index in [1.165, 1.54) is 25.0 Å². The summed E-state index contributed by atoms with van der Waals surface area (Å²) < 4.78 is 28.3. The highest BCUT2D eigenvalue weighted by molar-refractivity contribution is 7.92. The summed E-state index contributed by atoms with van der Waals surface area (Å²) in [7, 11) is -3.72. The molecule has 6 nitrogen and oxygen atoms in total. The number of carbonyl (C=O) groups excluding carboxylic acids is 1. The summed E-state index contributed by atoms with van der Waals surface area (Å²) in [5.74, 6) is 1.32. The number of nitrogens with one attached hydrogen (secondary N) is 1. The molecule has 0 aliphatic carbocycles. The second kappa shape index (κ2) is 10.5. The molecule has 2 aromatic carbocycles. The van der Waals surface area contributed by atoms with Crippen molar-refractivity contribution in [3.8, 4) is 0 Å². The number of amides is 1. The molecule has 2 fully saturated rings. The third kappa shape index (κ3) is 5.99. The third-order valence-corrected chi connectivity index (χ3v) is 8.77. The van der Waals surface area contributed by atoms with E-state index in [9.17, 15) is 13.2 Å². The minimum Gasteiger partial charge on any atom is -0.338 e. The molecule has 2 aromatic rings. The maximum Gasteiger partial charge on any atom is 0.261 e. The van der Waals surface area contributed by atoms with E-state index in [4.69, 9.17) is 0 Å². The lowest BCUT2D eigenvalue weighted by Gasteiger charge is -2.38. The summed E-state index contributed by atoms with van der Waals surface area (Å²) >= 11 is 0. The van der Waals surface area contributed by atoms with Gasteiger partial charge in [0.05, 0.1) is 4.90 Å². The number of piperidine rings is 2. The average Bonchev–Trinajstić information content (AvgIpc) is 2.82. The standard InChI is InChI=1S/C27H37N3O3S/c1-20-12-15-29(16-13-20)18-23-5-4-14-30(19-23)27(31)24-7-10-26(11-8-24)34(32,33)28-25-9-6-21(2)22(3)17-25/h6-11,17,20,23,28H,4-5,12-16,18-19H2,1-3H3. The molecule has 34 heavy (non-hydrogen) atoms. The zero-order valence-electron chi connectivity index (χ0n) is 20.6. The molecule has 2 saturated heterocycles. The number of nitrogens with zero attached hydrogens (tertiary/aromatic N) is 2. The highest BCUT2D eigenvalue weighted by Crippen LogP contribution is 2.24. The van der Waals surface area contributed by atoms with Gasteiger partial charge in [0.15, 0.2) is 0 Å². The highest BCUT2D eigenvalue weighted by Gasteiger charge is 2.27. The summed E-state index contributed by atoms with van der Waals surface area (Å²) in [5, 5.41) is 0. The van der Waals surface area contributed by atoms with Crippen LogP contribution >= 0.6 is 0 Å². The van der Waals surface area contributed by atoms with Gasteiger partial charge in [-0.1, -0.05) is 13.0 Å². The van der Waals surface area contributed by atoms with E-state index >= 15 is 0 Å². The smallest absolute Gasteiger partial charge is 0.261 e. The van der Waals surface area contributed by atoms with Crippen molar-refractivity contribution in [1.29, 1.82) is 0 Å².